The van der Waals surface area contributed by atoms with E-state index in [2.05, 4.69) is 0 Å². The van der Waals surface area contributed by atoms with Crippen molar-refractivity contribution in [3.8, 4) is 0 Å². The molecular weight excluding hydrogens is 248 g/mol. The van der Waals surface area contributed by atoms with Gasteiger partial charge in [0.25, 0.3) is 5.69 Å². The van der Waals surface area contributed by atoms with Crippen LogP contribution >= 0.6 is 0 Å². The third kappa shape index (κ3) is 2.58. The predicted octanol–water partition coefficient (Wildman–Crippen LogP) is 2.02. The summed E-state index contributed by atoms with van der Waals surface area (Å²) in [4.78, 5) is 23.5. The van der Waals surface area contributed by atoms with Gasteiger partial charge in [-0.2, -0.15) is 0 Å². The van der Waals surface area contributed by atoms with Crippen molar-refractivity contribution in [3.05, 3.63) is 33.9 Å². The standard InChI is InChI=1S/C13H16N2O4/c1-9-7-19-8-10(2)14(9)12-4-3-11(6-16)5-13(12)15(17)18/h3-6,9-10H,7-8H2,1-2H3. The Kier molecular flexibility index (Phi) is 3.80. The number of hydrogen-bond donors (Lipinski definition) is 0. The molecule has 0 aliphatic carbocycles. The number of anilines is 1. The molecule has 0 amide bonds. The number of morpholine rings is 1. The third-order valence-corrected chi connectivity index (χ3v) is 3.28. The molecule has 0 saturated carbocycles. The van der Waals surface area contributed by atoms with Crippen LogP contribution in [0.4, 0.5) is 11.4 Å². The second-order valence-electron chi connectivity index (χ2n) is 4.77. The van der Waals surface area contributed by atoms with Crippen LogP contribution < -0.4 is 4.90 Å². The topological polar surface area (TPSA) is 72.7 Å². The third-order valence-electron chi connectivity index (χ3n) is 3.28. The fourth-order valence-corrected chi connectivity index (χ4v) is 2.46. The molecule has 1 saturated heterocycles. The lowest BCUT2D eigenvalue weighted by Crippen LogP contribution is -2.50. The van der Waals surface area contributed by atoms with Gasteiger partial charge >= 0.3 is 0 Å². The number of nitro benzene ring substituents is 1. The van der Waals surface area contributed by atoms with Gasteiger partial charge in [-0.1, -0.05) is 0 Å². The Hall–Kier alpha value is -1.95. The van der Waals surface area contributed by atoms with E-state index in [9.17, 15) is 14.9 Å². The van der Waals surface area contributed by atoms with Crippen LogP contribution in [0.3, 0.4) is 0 Å². The smallest absolute Gasteiger partial charge is 0.293 e. The number of hydrogen-bond acceptors (Lipinski definition) is 5. The molecule has 2 atom stereocenters. The molecular formula is C13H16N2O4. The highest BCUT2D eigenvalue weighted by Crippen LogP contribution is 2.33. The van der Waals surface area contributed by atoms with E-state index < -0.39 is 4.92 Å². The first-order valence-electron chi connectivity index (χ1n) is 6.14. The molecule has 1 aromatic carbocycles. The van der Waals surface area contributed by atoms with Gasteiger partial charge in [0.1, 0.15) is 12.0 Å². The molecule has 0 spiro atoms. The molecule has 19 heavy (non-hydrogen) atoms. The maximum absolute atomic E-state index is 11.2. The minimum Gasteiger partial charge on any atom is -0.377 e. The lowest BCUT2D eigenvalue weighted by Gasteiger charge is -2.40. The van der Waals surface area contributed by atoms with Gasteiger partial charge in [0.15, 0.2) is 0 Å². The number of carbonyl (C=O) groups is 1. The van der Waals surface area contributed by atoms with E-state index in [1.165, 1.54) is 6.07 Å². The Labute approximate surface area is 111 Å². The van der Waals surface area contributed by atoms with E-state index >= 15 is 0 Å². The molecule has 1 aliphatic heterocycles. The van der Waals surface area contributed by atoms with Crippen molar-refractivity contribution in [3.63, 3.8) is 0 Å². The first-order chi connectivity index (χ1) is 9.04. The quantitative estimate of drug-likeness (QED) is 0.474. The molecule has 6 heteroatoms. The first-order valence-corrected chi connectivity index (χ1v) is 6.14. The summed E-state index contributed by atoms with van der Waals surface area (Å²) in [5.74, 6) is 0. The van der Waals surface area contributed by atoms with Crippen molar-refractivity contribution in [2.24, 2.45) is 0 Å². The Bertz CT molecular complexity index is 493. The largest absolute Gasteiger partial charge is 0.377 e. The number of nitro groups is 1. The van der Waals surface area contributed by atoms with Crippen LogP contribution in [-0.4, -0.2) is 36.5 Å². The van der Waals surface area contributed by atoms with Gasteiger partial charge in [-0.05, 0) is 26.0 Å². The van der Waals surface area contributed by atoms with E-state index in [-0.39, 0.29) is 17.8 Å². The Balaban J connectivity index is 2.48. The maximum atomic E-state index is 11.2. The molecule has 102 valence electrons. The molecule has 2 rings (SSSR count). The summed E-state index contributed by atoms with van der Waals surface area (Å²) in [6.45, 7) is 5.01. The monoisotopic (exact) mass is 264 g/mol. The van der Waals surface area contributed by atoms with Crippen molar-refractivity contribution >= 4 is 17.7 Å². The Morgan fingerprint density at radius 3 is 2.53 bits per heavy atom. The second kappa shape index (κ2) is 5.36. The summed E-state index contributed by atoms with van der Waals surface area (Å²) in [5, 5.41) is 11.2. The molecule has 0 radical (unpaired) electrons. The Morgan fingerprint density at radius 1 is 1.37 bits per heavy atom. The van der Waals surface area contributed by atoms with Crippen LogP contribution in [-0.2, 0) is 4.74 Å². The highest BCUT2D eigenvalue weighted by molar-refractivity contribution is 5.79. The fourth-order valence-electron chi connectivity index (χ4n) is 2.46. The number of nitrogens with zero attached hydrogens (tertiary/aromatic N) is 2. The van der Waals surface area contributed by atoms with Gasteiger partial charge in [-0.25, -0.2) is 0 Å². The van der Waals surface area contributed by atoms with Crippen LogP contribution in [0.2, 0.25) is 0 Å². The zero-order valence-corrected chi connectivity index (χ0v) is 10.9. The van der Waals surface area contributed by atoms with Gasteiger partial charge in [0, 0.05) is 11.6 Å². The lowest BCUT2D eigenvalue weighted by atomic mass is 10.1. The SMILES string of the molecule is CC1COCC(C)N1c1ccc(C=O)cc1[N+](=O)[O-]. The number of ether oxygens (including phenoxy) is 1. The van der Waals surface area contributed by atoms with Crippen LogP contribution in [0.25, 0.3) is 0 Å². The zero-order valence-electron chi connectivity index (χ0n) is 10.9. The minimum atomic E-state index is -0.447. The summed E-state index contributed by atoms with van der Waals surface area (Å²) in [5.41, 5.74) is 0.813. The van der Waals surface area contributed by atoms with E-state index in [0.29, 0.717) is 30.8 Å². The lowest BCUT2D eigenvalue weighted by molar-refractivity contribution is -0.384. The van der Waals surface area contributed by atoms with Gasteiger partial charge in [-0.3, -0.25) is 14.9 Å². The van der Waals surface area contributed by atoms with Crippen molar-refractivity contribution < 1.29 is 14.5 Å². The van der Waals surface area contributed by atoms with E-state index in [1.54, 1.807) is 12.1 Å². The second-order valence-corrected chi connectivity index (χ2v) is 4.77. The van der Waals surface area contributed by atoms with Crippen molar-refractivity contribution in [1.29, 1.82) is 0 Å². The fraction of sp³-hybridized carbons (Fsp3) is 0.462. The molecule has 0 aromatic heterocycles. The average molecular weight is 264 g/mol. The van der Waals surface area contributed by atoms with Gasteiger partial charge in [0.2, 0.25) is 0 Å². The van der Waals surface area contributed by atoms with Gasteiger partial charge in [0.05, 0.1) is 30.2 Å². The maximum Gasteiger partial charge on any atom is 0.293 e. The number of benzene rings is 1. The minimum absolute atomic E-state index is 0.0369. The van der Waals surface area contributed by atoms with Crippen LogP contribution in [0.5, 0.6) is 0 Å². The summed E-state index contributed by atoms with van der Waals surface area (Å²) in [6, 6.07) is 4.68. The normalized spacial score (nSPS) is 23.2. The summed E-state index contributed by atoms with van der Waals surface area (Å²) in [6.07, 6.45) is 0.614. The molecule has 1 aliphatic rings. The molecule has 2 unspecified atom stereocenters. The van der Waals surface area contributed by atoms with Crippen LogP contribution in [0, 0.1) is 10.1 Å². The average Bonchev–Trinajstić information content (AvgIpc) is 2.38. The van der Waals surface area contributed by atoms with Gasteiger partial charge < -0.3 is 9.64 Å². The summed E-state index contributed by atoms with van der Waals surface area (Å²) in [7, 11) is 0. The van der Waals surface area contributed by atoms with Crippen molar-refractivity contribution in [2.45, 2.75) is 25.9 Å². The highest BCUT2D eigenvalue weighted by atomic mass is 16.6. The van der Waals surface area contributed by atoms with E-state index in [1.807, 2.05) is 18.7 Å². The highest BCUT2D eigenvalue weighted by Gasteiger charge is 2.30. The Morgan fingerprint density at radius 2 is 2.00 bits per heavy atom. The van der Waals surface area contributed by atoms with Crippen molar-refractivity contribution in [1.82, 2.24) is 0 Å². The van der Waals surface area contributed by atoms with E-state index in [4.69, 9.17) is 4.74 Å². The number of rotatable bonds is 3. The summed E-state index contributed by atoms with van der Waals surface area (Å²) >= 11 is 0. The van der Waals surface area contributed by atoms with Gasteiger partial charge in [-0.15, -0.1) is 0 Å². The first kappa shape index (κ1) is 13.5. The van der Waals surface area contributed by atoms with Crippen molar-refractivity contribution in [2.75, 3.05) is 18.1 Å². The molecule has 1 aromatic rings. The summed E-state index contributed by atoms with van der Waals surface area (Å²) < 4.78 is 5.42. The molecule has 6 nitrogen and oxygen atoms in total. The molecule has 0 N–H and O–H groups in total. The van der Waals surface area contributed by atoms with Crippen LogP contribution in [0.1, 0.15) is 24.2 Å². The van der Waals surface area contributed by atoms with E-state index in [0.717, 1.165) is 0 Å². The molecule has 1 heterocycles. The molecule has 1 fully saturated rings. The molecule has 0 bridgehead atoms. The van der Waals surface area contributed by atoms with Crippen LogP contribution in [0.15, 0.2) is 18.2 Å². The number of carbonyl (C=O) groups excluding carboxylic acids is 1. The number of aldehydes is 1. The predicted molar refractivity (Wildman–Crippen MR) is 70.7 cm³/mol. The zero-order chi connectivity index (χ0) is 14.0.